The molecule has 1 aromatic carbocycles. The van der Waals surface area contributed by atoms with Crippen LogP contribution in [-0.4, -0.2) is 53.5 Å². The number of phosphoric acid groups is 1. The highest BCUT2D eigenvalue weighted by molar-refractivity contribution is 7.47. The molecule has 0 bridgehead atoms. The van der Waals surface area contributed by atoms with Crippen LogP contribution in [0.15, 0.2) is 0 Å². The molecule has 1 heterocycles. The van der Waals surface area contributed by atoms with Crippen molar-refractivity contribution in [3.05, 3.63) is 22.3 Å². The number of fused-ring (bicyclic) bond motifs is 1. The maximum atomic E-state index is 13.4. The summed E-state index contributed by atoms with van der Waals surface area (Å²) in [7, 11) is -4.71. The van der Waals surface area contributed by atoms with E-state index in [1.165, 1.54) is 135 Å². The van der Waals surface area contributed by atoms with Gasteiger partial charge < -0.3 is 23.8 Å². The maximum absolute atomic E-state index is 13.4. The van der Waals surface area contributed by atoms with Crippen LogP contribution < -0.4 is 9.26 Å². The Morgan fingerprint density at radius 1 is 0.629 bits per heavy atom. The summed E-state index contributed by atoms with van der Waals surface area (Å²) in [6.45, 7) is 10.9. The summed E-state index contributed by atoms with van der Waals surface area (Å²) < 4.78 is 42.0. The van der Waals surface area contributed by atoms with E-state index in [9.17, 15) is 24.2 Å². The van der Waals surface area contributed by atoms with E-state index in [1.54, 1.807) is 6.92 Å². The summed E-state index contributed by atoms with van der Waals surface area (Å²) in [6, 6.07) is 0. The van der Waals surface area contributed by atoms with Crippen molar-refractivity contribution in [3.63, 3.8) is 0 Å². The fraction of sp³-hybridized carbons (Fsp3) is 0.843. The minimum atomic E-state index is -4.71. The Kier molecular flexibility index (Phi) is 30.1. The highest BCUT2D eigenvalue weighted by atomic mass is 31.2. The second-order valence-electron chi connectivity index (χ2n) is 18.6. The number of aliphatic hydroxyl groups is 1. The Morgan fingerprint density at radius 2 is 1.05 bits per heavy atom. The first-order valence-corrected chi connectivity index (χ1v) is 26.8. The van der Waals surface area contributed by atoms with E-state index >= 15 is 0 Å². The van der Waals surface area contributed by atoms with Crippen LogP contribution in [0, 0.1) is 20.8 Å². The summed E-state index contributed by atoms with van der Waals surface area (Å²) in [5.41, 5.74) is 2.18. The van der Waals surface area contributed by atoms with Crippen molar-refractivity contribution in [2.24, 2.45) is 0 Å². The van der Waals surface area contributed by atoms with Crippen molar-refractivity contribution in [1.82, 2.24) is 0 Å². The van der Waals surface area contributed by atoms with Gasteiger partial charge in [0, 0.05) is 18.4 Å². The largest absolute Gasteiger partial charge is 0.527 e. The number of ether oxygens (including phenoxy) is 3. The van der Waals surface area contributed by atoms with Gasteiger partial charge in [-0.2, -0.15) is 0 Å². The van der Waals surface area contributed by atoms with Gasteiger partial charge in [0.2, 0.25) is 0 Å². The van der Waals surface area contributed by atoms with Crippen molar-refractivity contribution in [2.75, 3.05) is 19.8 Å². The van der Waals surface area contributed by atoms with Crippen molar-refractivity contribution < 1.29 is 47.4 Å². The van der Waals surface area contributed by atoms with Gasteiger partial charge in [0.15, 0.2) is 6.10 Å². The number of carbonyl (C=O) groups excluding carboxylic acids is 2. The Hall–Kier alpha value is -2.13. The van der Waals surface area contributed by atoms with Crippen LogP contribution in [0.3, 0.4) is 0 Å². The summed E-state index contributed by atoms with van der Waals surface area (Å²) in [6.07, 6.45) is 34.8. The molecule has 2 N–H and O–H groups in total. The summed E-state index contributed by atoms with van der Waals surface area (Å²) >= 11 is 0. The summed E-state index contributed by atoms with van der Waals surface area (Å²) in [5, 5.41) is 9.90. The SMILES string of the molecule is CCCCCCCCCCCCCCCCCC(=O)O[C@H](COC(=O)CCCCCCCCCCCCCCC)COP(=O)(O)Oc1c(C)c(C)c2c(c1C)CCC(C)(CO)O2. The average molecular weight is 895 g/mol. The molecule has 62 heavy (non-hydrogen) atoms. The normalized spacial score (nSPS) is 16.3. The number of phosphoric ester groups is 1. The van der Waals surface area contributed by atoms with E-state index in [2.05, 4.69) is 13.8 Å². The minimum Gasteiger partial charge on any atom is -0.485 e. The fourth-order valence-corrected chi connectivity index (χ4v) is 9.31. The molecule has 1 aliphatic rings. The highest BCUT2D eigenvalue weighted by Gasteiger charge is 2.36. The molecule has 0 fully saturated rings. The molecule has 0 aliphatic carbocycles. The van der Waals surface area contributed by atoms with Gasteiger partial charge in [-0.15, -0.1) is 0 Å². The molecule has 10 nitrogen and oxygen atoms in total. The summed E-state index contributed by atoms with van der Waals surface area (Å²) in [5.74, 6) is 0.0383. The first-order valence-electron chi connectivity index (χ1n) is 25.3. The predicted octanol–water partition coefficient (Wildman–Crippen LogP) is 14.4. The number of hydrogen-bond acceptors (Lipinski definition) is 9. The third kappa shape index (κ3) is 24.2. The molecule has 2 rings (SSSR count). The lowest BCUT2D eigenvalue weighted by Gasteiger charge is -2.37. The number of aliphatic hydroxyl groups excluding tert-OH is 1. The lowest BCUT2D eigenvalue weighted by atomic mass is 9.87. The molecular weight excluding hydrogens is 804 g/mol. The van der Waals surface area contributed by atoms with E-state index in [1.807, 2.05) is 20.8 Å². The molecule has 0 spiro atoms. The van der Waals surface area contributed by atoms with E-state index in [-0.39, 0.29) is 31.8 Å². The molecule has 1 aromatic rings. The third-order valence-corrected chi connectivity index (χ3v) is 13.6. The van der Waals surface area contributed by atoms with Gasteiger partial charge in [0.25, 0.3) is 0 Å². The molecule has 0 radical (unpaired) electrons. The second kappa shape index (κ2) is 33.4. The summed E-state index contributed by atoms with van der Waals surface area (Å²) in [4.78, 5) is 36.6. The highest BCUT2D eigenvalue weighted by Crippen LogP contribution is 2.50. The minimum absolute atomic E-state index is 0.123. The number of benzene rings is 1. The lowest BCUT2D eigenvalue weighted by molar-refractivity contribution is -0.161. The zero-order chi connectivity index (χ0) is 45.5. The van der Waals surface area contributed by atoms with Crippen LogP contribution in [0.1, 0.15) is 242 Å². The van der Waals surface area contributed by atoms with Crippen molar-refractivity contribution in [2.45, 2.75) is 259 Å². The molecule has 2 unspecified atom stereocenters. The monoisotopic (exact) mass is 895 g/mol. The second-order valence-corrected chi connectivity index (χ2v) is 19.9. The number of esters is 2. The molecule has 0 amide bonds. The molecule has 0 saturated heterocycles. The van der Waals surface area contributed by atoms with Crippen molar-refractivity contribution in [1.29, 1.82) is 0 Å². The smallest absolute Gasteiger partial charge is 0.485 e. The first kappa shape index (κ1) is 56.0. The van der Waals surface area contributed by atoms with E-state index in [4.69, 9.17) is 23.3 Å². The van der Waals surface area contributed by atoms with Gasteiger partial charge in [0.05, 0.1) is 6.61 Å². The van der Waals surface area contributed by atoms with Gasteiger partial charge in [-0.1, -0.05) is 181 Å². The Labute approximate surface area is 378 Å². The maximum Gasteiger partial charge on any atom is 0.527 e. The number of carbonyl (C=O) groups is 2. The molecule has 1 aliphatic heterocycles. The van der Waals surface area contributed by atoms with Crippen LogP contribution >= 0.6 is 7.82 Å². The molecule has 11 heteroatoms. The van der Waals surface area contributed by atoms with Crippen LogP contribution in [0.2, 0.25) is 0 Å². The van der Waals surface area contributed by atoms with Crippen molar-refractivity contribution >= 4 is 19.8 Å². The number of rotatable bonds is 39. The predicted molar refractivity (Wildman–Crippen MR) is 252 cm³/mol. The Balaban J connectivity index is 1.83. The van der Waals surface area contributed by atoms with Crippen LogP contribution in [0.25, 0.3) is 0 Å². The molecule has 360 valence electrons. The molecule has 3 atom stereocenters. The van der Waals surface area contributed by atoms with Crippen LogP contribution in [0.5, 0.6) is 11.5 Å². The van der Waals surface area contributed by atoms with E-state index < -0.39 is 38.1 Å². The van der Waals surface area contributed by atoms with E-state index in [0.717, 1.165) is 49.7 Å². The van der Waals surface area contributed by atoms with Gasteiger partial charge in [-0.25, -0.2) is 4.57 Å². The van der Waals surface area contributed by atoms with Crippen molar-refractivity contribution in [3.8, 4) is 11.5 Å². The first-order chi connectivity index (χ1) is 29.9. The number of unbranched alkanes of at least 4 members (excludes halogenated alkanes) is 26. The molecule has 0 saturated carbocycles. The topological polar surface area (TPSA) is 138 Å². The lowest BCUT2D eigenvalue weighted by Crippen LogP contribution is -2.40. The fourth-order valence-electron chi connectivity index (χ4n) is 8.40. The quantitative estimate of drug-likeness (QED) is 0.0373. The Bertz CT molecular complexity index is 1420. The molecular formula is C51H91O10P. The van der Waals surface area contributed by atoms with Gasteiger partial charge in [-0.3, -0.25) is 19.0 Å². The zero-order valence-corrected chi connectivity index (χ0v) is 41.3. The van der Waals surface area contributed by atoms with Gasteiger partial charge in [-0.05, 0) is 70.1 Å². The van der Waals surface area contributed by atoms with Crippen LogP contribution in [0.4, 0.5) is 0 Å². The molecule has 0 aromatic heterocycles. The standard InChI is InChI=1S/C51H91O10P/c1-7-9-11-13-15-17-19-21-22-24-26-28-30-32-34-36-48(54)59-45(39-57-47(53)35-33-31-29-27-25-23-20-18-16-14-12-10-8-2)40-58-62(55,56)61-49-42(3)43(4)50-46(44(49)5)37-38-51(6,41-52)60-50/h45,52H,7-41H2,1-6H3,(H,55,56)/t45-,51?/m1/s1. The Morgan fingerprint density at radius 3 is 1.48 bits per heavy atom. The number of hydrogen-bond donors (Lipinski definition) is 2. The van der Waals surface area contributed by atoms with Gasteiger partial charge in [0.1, 0.15) is 30.3 Å². The van der Waals surface area contributed by atoms with E-state index in [0.29, 0.717) is 36.1 Å². The van der Waals surface area contributed by atoms with Crippen LogP contribution in [-0.2, 0) is 34.6 Å². The zero-order valence-electron chi connectivity index (χ0n) is 40.4. The average Bonchev–Trinajstić information content (AvgIpc) is 3.25. The van der Waals surface area contributed by atoms with Gasteiger partial charge >= 0.3 is 19.8 Å². The third-order valence-electron chi connectivity index (χ3n) is 12.7.